The minimum atomic E-state index is -0.154. The number of carbonyl (C=O) groups excluding carboxylic acids is 1. The molecule has 3 heterocycles. The van der Waals surface area contributed by atoms with Crippen molar-refractivity contribution < 1.29 is 4.79 Å². The van der Waals surface area contributed by atoms with Crippen LogP contribution in [0.25, 0.3) is 0 Å². The van der Waals surface area contributed by atoms with Crippen molar-refractivity contribution in [3.05, 3.63) is 44.5 Å². The second-order valence-corrected chi connectivity index (χ2v) is 7.66. The third-order valence-corrected chi connectivity index (χ3v) is 5.52. The van der Waals surface area contributed by atoms with Gasteiger partial charge in [0, 0.05) is 29.7 Å². The molecule has 2 aromatic rings. The molecule has 0 atom stereocenters. The fourth-order valence-corrected chi connectivity index (χ4v) is 4.18. The molecule has 0 aliphatic carbocycles. The van der Waals surface area contributed by atoms with E-state index in [1.807, 2.05) is 12.1 Å². The minimum absolute atomic E-state index is 0.00827. The van der Waals surface area contributed by atoms with Crippen LogP contribution in [0.2, 0.25) is 0 Å². The fraction of sp³-hybridized carbons (Fsp3) is 0.500. The maximum Gasteiger partial charge on any atom is 0.346 e. The zero-order chi connectivity index (χ0) is 17.4. The van der Waals surface area contributed by atoms with Gasteiger partial charge in [-0.2, -0.15) is 5.10 Å². The lowest BCUT2D eigenvalue weighted by atomic mass is 10.0. The Hall–Kier alpha value is -1.89. The predicted octanol–water partition coefficient (Wildman–Crippen LogP) is 2.51. The summed E-state index contributed by atoms with van der Waals surface area (Å²) in [7, 11) is 0. The Morgan fingerprint density at radius 3 is 2.88 bits per heavy atom. The van der Waals surface area contributed by atoms with Crippen molar-refractivity contribution in [2.24, 2.45) is 0 Å². The lowest BCUT2D eigenvalue weighted by Crippen LogP contribution is -2.40. The second kappa shape index (κ2) is 6.78. The molecule has 1 aromatic carbocycles. The number of halogens is 1. The topological polar surface area (TPSA) is 60.1 Å². The number of rotatable bonds is 2. The van der Waals surface area contributed by atoms with Crippen molar-refractivity contribution in [2.75, 3.05) is 11.4 Å². The summed E-state index contributed by atoms with van der Waals surface area (Å²) in [5.74, 6) is 0.747. The molecule has 2 aliphatic rings. The molecule has 0 unspecified atom stereocenters. The van der Waals surface area contributed by atoms with Crippen LogP contribution in [-0.4, -0.2) is 26.8 Å². The molecule has 0 spiro atoms. The van der Waals surface area contributed by atoms with E-state index in [1.54, 1.807) is 9.47 Å². The summed E-state index contributed by atoms with van der Waals surface area (Å²) in [4.78, 5) is 27.2. The molecule has 1 amide bonds. The summed E-state index contributed by atoms with van der Waals surface area (Å²) in [5, 5.41) is 4.43. The third-order valence-electron chi connectivity index (χ3n) is 5.03. The Kier molecular flexibility index (Phi) is 4.50. The van der Waals surface area contributed by atoms with E-state index in [2.05, 4.69) is 27.1 Å². The van der Waals surface area contributed by atoms with Gasteiger partial charge in [0.05, 0.1) is 0 Å². The maximum atomic E-state index is 12.9. The van der Waals surface area contributed by atoms with Crippen molar-refractivity contribution in [2.45, 2.75) is 51.6 Å². The van der Waals surface area contributed by atoms with Crippen LogP contribution >= 0.6 is 15.9 Å². The van der Waals surface area contributed by atoms with Crippen LogP contribution in [0.1, 0.15) is 37.1 Å². The Morgan fingerprint density at radius 2 is 2.00 bits per heavy atom. The van der Waals surface area contributed by atoms with Gasteiger partial charge in [0.15, 0.2) is 0 Å². The molecule has 6 nitrogen and oxygen atoms in total. The van der Waals surface area contributed by atoms with Gasteiger partial charge in [-0.25, -0.2) is 9.48 Å². The highest BCUT2D eigenvalue weighted by Gasteiger charge is 2.25. The lowest BCUT2D eigenvalue weighted by Gasteiger charge is -2.29. The SMILES string of the molecule is O=C(Cn1nc2n(c1=O)CCCCC2)N1CCCc2cc(Br)ccc21. The number of fused-ring (bicyclic) bond motifs is 2. The van der Waals surface area contributed by atoms with E-state index in [-0.39, 0.29) is 18.1 Å². The second-order valence-electron chi connectivity index (χ2n) is 6.74. The van der Waals surface area contributed by atoms with Gasteiger partial charge in [-0.1, -0.05) is 22.4 Å². The molecule has 0 radical (unpaired) electrons. The number of hydrogen-bond donors (Lipinski definition) is 0. The molecule has 25 heavy (non-hydrogen) atoms. The van der Waals surface area contributed by atoms with Crippen LogP contribution in [0, 0.1) is 0 Å². The van der Waals surface area contributed by atoms with Gasteiger partial charge < -0.3 is 4.90 Å². The number of aromatic nitrogens is 3. The molecule has 7 heteroatoms. The summed E-state index contributed by atoms with van der Waals surface area (Å²) in [6.07, 6.45) is 5.90. The number of anilines is 1. The summed E-state index contributed by atoms with van der Waals surface area (Å²) in [5.41, 5.74) is 1.97. The number of aryl methyl sites for hydroxylation is 2. The molecule has 0 N–H and O–H groups in total. The predicted molar refractivity (Wildman–Crippen MR) is 98.9 cm³/mol. The fourth-order valence-electron chi connectivity index (χ4n) is 3.77. The van der Waals surface area contributed by atoms with Gasteiger partial charge in [0.2, 0.25) is 5.91 Å². The zero-order valence-electron chi connectivity index (χ0n) is 14.1. The van der Waals surface area contributed by atoms with Crippen molar-refractivity contribution >= 4 is 27.5 Å². The monoisotopic (exact) mass is 404 g/mol. The molecule has 132 valence electrons. The van der Waals surface area contributed by atoms with Gasteiger partial charge in [0.1, 0.15) is 12.4 Å². The van der Waals surface area contributed by atoms with Crippen LogP contribution in [0.4, 0.5) is 5.69 Å². The normalized spacial score (nSPS) is 16.9. The van der Waals surface area contributed by atoms with Crippen LogP contribution < -0.4 is 10.6 Å². The molecule has 1 aromatic heterocycles. The van der Waals surface area contributed by atoms with Gasteiger partial charge in [-0.05, 0) is 49.4 Å². The van der Waals surface area contributed by atoms with E-state index in [4.69, 9.17) is 0 Å². The number of benzene rings is 1. The molecular weight excluding hydrogens is 384 g/mol. The van der Waals surface area contributed by atoms with Crippen LogP contribution in [0.3, 0.4) is 0 Å². The van der Waals surface area contributed by atoms with Crippen LogP contribution in [-0.2, 0) is 30.7 Å². The van der Waals surface area contributed by atoms with Gasteiger partial charge in [-0.3, -0.25) is 9.36 Å². The summed E-state index contributed by atoms with van der Waals surface area (Å²) in [6, 6.07) is 6.00. The number of carbonyl (C=O) groups is 1. The molecule has 0 saturated heterocycles. The number of amides is 1. The minimum Gasteiger partial charge on any atom is -0.311 e. The van der Waals surface area contributed by atoms with Crippen molar-refractivity contribution in [3.63, 3.8) is 0 Å². The average molecular weight is 405 g/mol. The van der Waals surface area contributed by atoms with Crippen molar-refractivity contribution in [3.8, 4) is 0 Å². The first kappa shape index (κ1) is 16.6. The van der Waals surface area contributed by atoms with E-state index in [1.165, 1.54) is 10.2 Å². The Morgan fingerprint density at radius 1 is 1.12 bits per heavy atom. The number of hydrogen-bond acceptors (Lipinski definition) is 3. The molecule has 4 rings (SSSR count). The van der Waals surface area contributed by atoms with E-state index < -0.39 is 0 Å². The molecule has 0 fully saturated rings. The molecule has 2 aliphatic heterocycles. The Balaban J connectivity index is 1.59. The summed E-state index contributed by atoms with van der Waals surface area (Å²) < 4.78 is 4.10. The third kappa shape index (κ3) is 3.17. The Bertz CT molecular complexity index is 870. The molecular formula is C18H21BrN4O2. The molecule has 0 saturated carbocycles. The van der Waals surface area contributed by atoms with Crippen LogP contribution in [0.15, 0.2) is 27.5 Å². The quantitative estimate of drug-likeness (QED) is 0.772. The van der Waals surface area contributed by atoms with E-state index in [0.717, 1.165) is 54.5 Å². The zero-order valence-corrected chi connectivity index (χ0v) is 15.7. The lowest BCUT2D eigenvalue weighted by molar-refractivity contribution is -0.119. The first-order valence-corrected chi connectivity index (χ1v) is 9.68. The van der Waals surface area contributed by atoms with Gasteiger partial charge >= 0.3 is 5.69 Å². The highest BCUT2D eigenvalue weighted by Crippen LogP contribution is 2.29. The summed E-state index contributed by atoms with van der Waals surface area (Å²) >= 11 is 3.49. The average Bonchev–Trinajstić information content (AvgIpc) is 2.77. The maximum absolute atomic E-state index is 12.9. The summed E-state index contributed by atoms with van der Waals surface area (Å²) in [6.45, 7) is 1.41. The van der Waals surface area contributed by atoms with E-state index in [0.29, 0.717) is 13.1 Å². The van der Waals surface area contributed by atoms with Gasteiger partial charge in [-0.15, -0.1) is 0 Å². The van der Waals surface area contributed by atoms with Gasteiger partial charge in [0.25, 0.3) is 0 Å². The van der Waals surface area contributed by atoms with E-state index >= 15 is 0 Å². The highest BCUT2D eigenvalue weighted by molar-refractivity contribution is 9.10. The standard InChI is InChI=1S/C18H21BrN4O2/c19-14-7-8-15-13(11-14)5-4-10-21(15)17(24)12-23-18(25)22-9-3-1-2-6-16(22)20-23/h7-8,11H,1-6,9-10,12H2. The first-order chi connectivity index (χ1) is 12.1. The largest absolute Gasteiger partial charge is 0.346 e. The highest BCUT2D eigenvalue weighted by atomic mass is 79.9. The van der Waals surface area contributed by atoms with Crippen molar-refractivity contribution in [1.29, 1.82) is 0 Å². The molecule has 0 bridgehead atoms. The van der Waals surface area contributed by atoms with Crippen LogP contribution in [0.5, 0.6) is 0 Å². The smallest absolute Gasteiger partial charge is 0.311 e. The van der Waals surface area contributed by atoms with Crippen molar-refractivity contribution in [1.82, 2.24) is 14.3 Å². The first-order valence-electron chi connectivity index (χ1n) is 8.89. The Labute approximate surface area is 154 Å². The number of nitrogens with zero attached hydrogens (tertiary/aromatic N) is 4. The van der Waals surface area contributed by atoms with E-state index in [9.17, 15) is 9.59 Å².